The summed E-state index contributed by atoms with van der Waals surface area (Å²) >= 11 is 0. The van der Waals surface area contributed by atoms with E-state index in [1.54, 1.807) is 12.1 Å². The van der Waals surface area contributed by atoms with Gasteiger partial charge in [-0.1, -0.05) is 29.8 Å². The zero-order valence-electron chi connectivity index (χ0n) is 18.7. The van der Waals surface area contributed by atoms with E-state index < -0.39 is 22.7 Å². The minimum Gasteiger partial charge on any atom is -0.507 e. The van der Waals surface area contributed by atoms with Crippen molar-refractivity contribution in [2.24, 2.45) is 0 Å². The van der Waals surface area contributed by atoms with Crippen LogP contribution in [0.2, 0.25) is 0 Å². The van der Waals surface area contributed by atoms with Crippen LogP contribution in [-0.4, -0.2) is 58.7 Å². The molecule has 8 heteroatoms. The number of likely N-dealkylation sites (tertiary alicyclic amines) is 1. The van der Waals surface area contributed by atoms with Gasteiger partial charge in [0.05, 0.1) is 16.5 Å². The molecule has 1 aliphatic heterocycles. The highest BCUT2D eigenvalue weighted by Gasteiger charge is 2.46. The van der Waals surface area contributed by atoms with Crippen LogP contribution < -0.4 is 0 Å². The Morgan fingerprint density at radius 3 is 2.53 bits per heavy atom. The summed E-state index contributed by atoms with van der Waals surface area (Å²) in [5.41, 5.74) is 2.33. The van der Waals surface area contributed by atoms with Crippen LogP contribution in [0.1, 0.15) is 34.7 Å². The highest BCUT2D eigenvalue weighted by atomic mass is 16.6. The van der Waals surface area contributed by atoms with Crippen molar-refractivity contribution < 1.29 is 19.6 Å². The highest BCUT2D eigenvalue weighted by Crippen LogP contribution is 2.40. The van der Waals surface area contributed by atoms with E-state index in [4.69, 9.17) is 0 Å². The van der Waals surface area contributed by atoms with Crippen molar-refractivity contribution in [3.63, 3.8) is 0 Å². The molecular formula is C24H27N3O5. The Bertz CT molecular complexity index is 1110. The van der Waals surface area contributed by atoms with Crippen LogP contribution in [0.25, 0.3) is 5.76 Å². The molecule has 0 saturated carbocycles. The summed E-state index contributed by atoms with van der Waals surface area (Å²) in [4.78, 5) is 40.2. The number of aliphatic hydroxyl groups excluding tert-OH is 1. The molecule has 1 atom stereocenters. The predicted molar refractivity (Wildman–Crippen MR) is 121 cm³/mol. The zero-order valence-corrected chi connectivity index (χ0v) is 18.7. The molecule has 1 N–H and O–H groups in total. The Balaban J connectivity index is 2.18. The fraction of sp³-hybridized carbons (Fsp3) is 0.333. The van der Waals surface area contributed by atoms with Crippen molar-refractivity contribution in [1.29, 1.82) is 0 Å². The Hall–Kier alpha value is -3.52. The lowest BCUT2D eigenvalue weighted by atomic mass is 9.93. The molecule has 1 heterocycles. The number of Topliss-reactive ketones (excluding diaryl/α,β-unsaturated/α-hetero) is 1. The first-order valence-corrected chi connectivity index (χ1v) is 10.4. The van der Waals surface area contributed by atoms with Gasteiger partial charge in [0.1, 0.15) is 5.76 Å². The summed E-state index contributed by atoms with van der Waals surface area (Å²) in [5, 5.41) is 22.5. The topological polar surface area (TPSA) is 104 Å². The van der Waals surface area contributed by atoms with Gasteiger partial charge < -0.3 is 14.9 Å². The average molecular weight is 437 g/mol. The van der Waals surface area contributed by atoms with E-state index in [-0.39, 0.29) is 23.6 Å². The van der Waals surface area contributed by atoms with Crippen LogP contribution in [0.3, 0.4) is 0 Å². The molecule has 1 fully saturated rings. The van der Waals surface area contributed by atoms with E-state index >= 15 is 0 Å². The van der Waals surface area contributed by atoms with Gasteiger partial charge in [-0.2, -0.15) is 0 Å². The summed E-state index contributed by atoms with van der Waals surface area (Å²) in [6.45, 7) is 4.65. The number of aliphatic hydroxyl groups is 1. The van der Waals surface area contributed by atoms with Crippen molar-refractivity contribution in [1.82, 2.24) is 9.80 Å². The lowest BCUT2D eigenvalue weighted by molar-refractivity contribution is -0.384. The first-order valence-electron chi connectivity index (χ1n) is 10.4. The van der Waals surface area contributed by atoms with Crippen molar-refractivity contribution >= 4 is 23.1 Å². The number of hydrogen-bond acceptors (Lipinski definition) is 6. The second-order valence-corrected chi connectivity index (χ2v) is 8.32. The van der Waals surface area contributed by atoms with Crippen LogP contribution in [0.15, 0.2) is 48.0 Å². The van der Waals surface area contributed by atoms with Gasteiger partial charge >= 0.3 is 0 Å². The molecule has 0 bridgehead atoms. The maximum atomic E-state index is 13.1. The van der Waals surface area contributed by atoms with Gasteiger partial charge in [-0.15, -0.1) is 0 Å². The molecule has 1 saturated heterocycles. The number of ketones is 1. The molecule has 168 valence electrons. The van der Waals surface area contributed by atoms with E-state index in [1.807, 2.05) is 45.0 Å². The Morgan fingerprint density at radius 1 is 1.16 bits per heavy atom. The number of nitrogens with zero attached hydrogens (tertiary/aromatic N) is 3. The maximum Gasteiger partial charge on any atom is 0.295 e. The molecule has 0 aliphatic carbocycles. The Kier molecular flexibility index (Phi) is 6.74. The van der Waals surface area contributed by atoms with Crippen LogP contribution in [0.5, 0.6) is 0 Å². The molecule has 3 rings (SSSR count). The lowest BCUT2D eigenvalue weighted by Crippen LogP contribution is -2.32. The first-order chi connectivity index (χ1) is 15.1. The highest BCUT2D eigenvalue weighted by molar-refractivity contribution is 6.46. The molecule has 2 aromatic rings. The third kappa shape index (κ3) is 4.55. The summed E-state index contributed by atoms with van der Waals surface area (Å²) < 4.78 is 0. The smallest absolute Gasteiger partial charge is 0.295 e. The van der Waals surface area contributed by atoms with Gasteiger partial charge in [0.15, 0.2) is 0 Å². The van der Waals surface area contributed by atoms with E-state index in [0.29, 0.717) is 24.1 Å². The van der Waals surface area contributed by atoms with Gasteiger partial charge in [0.25, 0.3) is 17.4 Å². The fourth-order valence-corrected chi connectivity index (χ4v) is 3.96. The van der Waals surface area contributed by atoms with E-state index in [9.17, 15) is 24.8 Å². The molecule has 0 spiro atoms. The quantitative estimate of drug-likeness (QED) is 0.233. The number of nitro groups is 1. The molecular weight excluding hydrogens is 410 g/mol. The fourth-order valence-electron chi connectivity index (χ4n) is 3.96. The minimum atomic E-state index is -0.906. The van der Waals surface area contributed by atoms with Crippen molar-refractivity contribution in [2.45, 2.75) is 26.3 Å². The second kappa shape index (κ2) is 9.32. The Morgan fingerprint density at radius 2 is 1.88 bits per heavy atom. The van der Waals surface area contributed by atoms with E-state index in [2.05, 4.69) is 0 Å². The molecule has 32 heavy (non-hydrogen) atoms. The van der Waals surface area contributed by atoms with Gasteiger partial charge in [-0.3, -0.25) is 19.7 Å². The number of amides is 1. The number of nitro benzene ring substituents is 1. The molecule has 8 nitrogen and oxygen atoms in total. The molecule has 0 aromatic heterocycles. The number of carbonyl (C=O) groups is 2. The number of aryl methyl sites for hydroxylation is 2. The third-order valence-corrected chi connectivity index (χ3v) is 5.59. The third-order valence-electron chi connectivity index (χ3n) is 5.59. The number of carbonyl (C=O) groups excluding carboxylic acids is 2. The molecule has 1 unspecified atom stereocenters. The van der Waals surface area contributed by atoms with E-state index in [0.717, 1.165) is 11.1 Å². The molecule has 1 amide bonds. The molecule has 0 radical (unpaired) electrons. The van der Waals surface area contributed by atoms with Crippen molar-refractivity contribution in [3.05, 3.63) is 80.4 Å². The van der Waals surface area contributed by atoms with Crippen LogP contribution in [-0.2, 0) is 9.59 Å². The lowest BCUT2D eigenvalue weighted by Gasteiger charge is -2.26. The minimum absolute atomic E-state index is 0.0472. The number of benzene rings is 2. The van der Waals surface area contributed by atoms with Gasteiger partial charge in [0, 0.05) is 24.2 Å². The molecule has 2 aromatic carbocycles. The number of hydrogen-bond donors (Lipinski definition) is 1. The largest absolute Gasteiger partial charge is 0.507 e. The van der Waals surface area contributed by atoms with Crippen LogP contribution in [0.4, 0.5) is 5.69 Å². The van der Waals surface area contributed by atoms with Crippen molar-refractivity contribution in [2.75, 3.05) is 27.2 Å². The summed E-state index contributed by atoms with van der Waals surface area (Å²) in [6.07, 6.45) is 0.606. The van der Waals surface area contributed by atoms with Crippen LogP contribution >= 0.6 is 0 Å². The SMILES string of the molecule is Cc1ccc(C)c(/C(O)=C2\C(=O)C(=O)N(CCCN(C)C)C2c2cccc([N+](=O)[O-])c2)c1. The predicted octanol–water partition coefficient (Wildman–Crippen LogP) is 3.59. The van der Waals surface area contributed by atoms with Crippen molar-refractivity contribution in [3.8, 4) is 0 Å². The number of rotatable bonds is 7. The zero-order chi connectivity index (χ0) is 23.6. The molecule has 1 aliphatic rings. The standard InChI is InChI=1S/C24H27N3O5/c1-15-9-10-16(2)19(13-15)22(28)20-21(17-7-5-8-18(14-17)27(31)32)26(24(30)23(20)29)12-6-11-25(3)4/h5,7-10,13-14,21,28H,6,11-12H2,1-4H3/b22-20+. The summed E-state index contributed by atoms with van der Waals surface area (Å²) in [7, 11) is 3.82. The maximum absolute atomic E-state index is 13.1. The average Bonchev–Trinajstić information content (AvgIpc) is 2.99. The Labute approximate surface area is 186 Å². The van der Waals surface area contributed by atoms with E-state index in [1.165, 1.54) is 23.1 Å². The van der Waals surface area contributed by atoms with Gasteiger partial charge in [0.2, 0.25) is 0 Å². The van der Waals surface area contributed by atoms with Gasteiger partial charge in [-0.05, 0) is 58.1 Å². The second-order valence-electron chi connectivity index (χ2n) is 8.32. The monoisotopic (exact) mass is 437 g/mol. The summed E-state index contributed by atoms with van der Waals surface area (Å²) in [5.74, 6) is -1.77. The normalized spacial score (nSPS) is 17.9. The van der Waals surface area contributed by atoms with Gasteiger partial charge in [-0.25, -0.2) is 0 Å². The number of non-ortho nitro benzene ring substituents is 1. The van der Waals surface area contributed by atoms with Crippen LogP contribution in [0, 0.1) is 24.0 Å². The summed E-state index contributed by atoms with van der Waals surface area (Å²) in [6, 6.07) is 10.4. The first kappa shape index (κ1) is 23.1.